The molecule has 8 nitrogen and oxygen atoms in total. The average molecular weight is 451 g/mol. The molecule has 2 aromatic heterocycles. The second-order valence-electron chi connectivity index (χ2n) is 8.02. The Morgan fingerprint density at radius 2 is 1.97 bits per heavy atom. The van der Waals surface area contributed by atoms with E-state index in [2.05, 4.69) is 9.71 Å². The molecular formula is C23H22N4O4S. The van der Waals surface area contributed by atoms with E-state index in [9.17, 15) is 18.3 Å². The van der Waals surface area contributed by atoms with E-state index in [0.29, 0.717) is 41.5 Å². The van der Waals surface area contributed by atoms with E-state index in [1.54, 1.807) is 42.6 Å². The van der Waals surface area contributed by atoms with Gasteiger partial charge in [-0.2, -0.15) is 0 Å². The summed E-state index contributed by atoms with van der Waals surface area (Å²) in [4.78, 5) is 18.1. The molecule has 32 heavy (non-hydrogen) atoms. The van der Waals surface area contributed by atoms with Crippen molar-refractivity contribution < 1.29 is 18.3 Å². The molecule has 1 aliphatic heterocycles. The van der Waals surface area contributed by atoms with Gasteiger partial charge in [-0.1, -0.05) is 6.07 Å². The zero-order valence-corrected chi connectivity index (χ0v) is 18.2. The van der Waals surface area contributed by atoms with Crippen LogP contribution in [0.15, 0.2) is 65.8 Å². The Bertz CT molecular complexity index is 1460. The first kappa shape index (κ1) is 20.3. The molecule has 1 atom stereocenters. The fourth-order valence-electron chi connectivity index (χ4n) is 4.39. The molecule has 0 amide bonds. The first-order valence-corrected chi connectivity index (χ1v) is 11.8. The molecule has 0 aliphatic carbocycles. The van der Waals surface area contributed by atoms with Crippen LogP contribution in [-0.2, 0) is 21.9 Å². The largest absolute Gasteiger partial charge is 0.481 e. The minimum absolute atomic E-state index is 0.209. The highest BCUT2D eigenvalue weighted by Gasteiger charge is 2.29. The van der Waals surface area contributed by atoms with E-state index in [0.717, 1.165) is 11.2 Å². The number of carbonyl (C=O) groups is 1. The van der Waals surface area contributed by atoms with Gasteiger partial charge in [-0.15, -0.1) is 0 Å². The molecule has 0 saturated carbocycles. The minimum Gasteiger partial charge on any atom is -0.481 e. The van der Waals surface area contributed by atoms with Gasteiger partial charge in [-0.05, 0) is 48.9 Å². The lowest BCUT2D eigenvalue weighted by Gasteiger charge is -2.21. The third-order valence-electron chi connectivity index (χ3n) is 6.05. The van der Waals surface area contributed by atoms with Crippen molar-refractivity contribution in [3.05, 3.63) is 60.9 Å². The van der Waals surface area contributed by atoms with Crippen molar-refractivity contribution in [1.82, 2.24) is 9.55 Å². The molecule has 0 unspecified atom stereocenters. The third-order valence-corrected chi connectivity index (χ3v) is 7.47. The number of aliphatic carboxylic acids is 1. The van der Waals surface area contributed by atoms with Crippen LogP contribution in [0.25, 0.3) is 21.8 Å². The van der Waals surface area contributed by atoms with E-state index < -0.39 is 21.9 Å². The number of anilines is 2. The van der Waals surface area contributed by atoms with Gasteiger partial charge in [0.25, 0.3) is 10.0 Å². The molecule has 3 heterocycles. The number of nitrogens with zero attached hydrogens (tertiary/aromatic N) is 3. The standard InChI is InChI=1S/C23H22N4O4S/c1-26-12-10-17-19(26)5-2-6-21(17)32(30,31)25-18-7-8-20(22-16(18)4-3-11-24-22)27-13-9-15(14-27)23(28)29/h2-8,10-12,15,25H,9,13-14H2,1H3,(H,28,29)/t15-/m1/s1. The third kappa shape index (κ3) is 3.34. The number of benzene rings is 2. The number of carboxylic acid groups (broad SMARTS) is 1. The van der Waals surface area contributed by atoms with Gasteiger partial charge in [-0.3, -0.25) is 14.5 Å². The van der Waals surface area contributed by atoms with Gasteiger partial charge in [0, 0.05) is 48.8 Å². The molecule has 1 aliphatic rings. The average Bonchev–Trinajstić information content (AvgIpc) is 3.41. The maximum Gasteiger partial charge on any atom is 0.308 e. The second-order valence-corrected chi connectivity index (χ2v) is 9.67. The monoisotopic (exact) mass is 450 g/mol. The van der Waals surface area contributed by atoms with Gasteiger partial charge in [0.1, 0.15) is 0 Å². The van der Waals surface area contributed by atoms with Crippen LogP contribution in [0.1, 0.15) is 6.42 Å². The van der Waals surface area contributed by atoms with E-state index in [1.807, 2.05) is 34.8 Å². The molecule has 5 rings (SSSR count). The van der Waals surface area contributed by atoms with Crippen LogP contribution in [-0.4, -0.2) is 42.1 Å². The smallest absolute Gasteiger partial charge is 0.308 e. The van der Waals surface area contributed by atoms with Crippen molar-refractivity contribution in [1.29, 1.82) is 0 Å². The van der Waals surface area contributed by atoms with Crippen molar-refractivity contribution >= 4 is 49.2 Å². The summed E-state index contributed by atoms with van der Waals surface area (Å²) in [5, 5.41) is 10.6. The van der Waals surface area contributed by atoms with Crippen LogP contribution < -0.4 is 9.62 Å². The number of nitrogens with one attached hydrogen (secondary N) is 1. The van der Waals surface area contributed by atoms with Crippen LogP contribution in [0, 0.1) is 5.92 Å². The summed E-state index contributed by atoms with van der Waals surface area (Å²) in [5.41, 5.74) is 2.70. The number of fused-ring (bicyclic) bond motifs is 2. The van der Waals surface area contributed by atoms with Gasteiger partial charge in [-0.25, -0.2) is 8.42 Å². The Morgan fingerprint density at radius 1 is 1.12 bits per heavy atom. The lowest BCUT2D eigenvalue weighted by atomic mass is 10.1. The van der Waals surface area contributed by atoms with Gasteiger partial charge in [0.05, 0.1) is 27.7 Å². The van der Waals surface area contributed by atoms with Crippen LogP contribution in [0.2, 0.25) is 0 Å². The van der Waals surface area contributed by atoms with Gasteiger partial charge >= 0.3 is 5.97 Å². The number of pyridine rings is 1. The molecule has 2 N–H and O–H groups in total. The summed E-state index contributed by atoms with van der Waals surface area (Å²) in [6.45, 7) is 1.02. The van der Waals surface area contributed by atoms with E-state index in [4.69, 9.17) is 0 Å². The minimum atomic E-state index is -3.85. The molecule has 1 fully saturated rings. The van der Waals surface area contributed by atoms with Crippen LogP contribution in [0.4, 0.5) is 11.4 Å². The van der Waals surface area contributed by atoms with Gasteiger partial charge < -0.3 is 14.6 Å². The predicted molar refractivity (Wildman–Crippen MR) is 123 cm³/mol. The van der Waals surface area contributed by atoms with Crippen LogP contribution in [0.3, 0.4) is 0 Å². The Kier molecular flexibility index (Phi) is 4.78. The molecule has 0 bridgehead atoms. The fraction of sp³-hybridized carbons (Fsp3) is 0.217. The lowest BCUT2D eigenvalue weighted by Crippen LogP contribution is -2.23. The summed E-state index contributed by atoms with van der Waals surface area (Å²) in [6, 6.07) is 14.1. The number of sulfonamides is 1. The van der Waals surface area contributed by atoms with Gasteiger partial charge in [0.2, 0.25) is 0 Å². The first-order chi connectivity index (χ1) is 15.3. The highest BCUT2D eigenvalue weighted by atomic mass is 32.2. The summed E-state index contributed by atoms with van der Waals surface area (Å²) in [6.07, 6.45) is 4.05. The second kappa shape index (κ2) is 7.52. The van der Waals surface area contributed by atoms with Crippen LogP contribution in [0.5, 0.6) is 0 Å². The van der Waals surface area contributed by atoms with Crippen molar-refractivity contribution in [2.24, 2.45) is 13.0 Å². The van der Waals surface area contributed by atoms with Crippen LogP contribution >= 0.6 is 0 Å². The molecule has 2 aromatic carbocycles. The number of aromatic nitrogens is 2. The first-order valence-electron chi connectivity index (χ1n) is 10.3. The lowest BCUT2D eigenvalue weighted by molar-refractivity contribution is -0.140. The molecule has 9 heteroatoms. The molecule has 1 saturated heterocycles. The normalized spacial score (nSPS) is 16.7. The highest BCUT2D eigenvalue weighted by Crippen LogP contribution is 2.35. The summed E-state index contributed by atoms with van der Waals surface area (Å²) in [7, 11) is -1.98. The number of hydrogen-bond donors (Lipinski definition) is 2. The molecule has 4 aromatic rings. The molecule has 164 valence electrons. The highest BCUT2D eigenvalue weighted by molar-refractivity contribution is 7.93. The SMILES string of the molecule is Cn1ccc2c(S(=O)(=O)Nc3ccc(N4CC[C@@H](C(=O)O)C4)c4ncccc34)cccc21. The Labute approximate surface area is 185 Å². The van der Waals surface area contributed by atoms with Crippen molar-refractivity contribution in [2.75, 3.05) is 22.7 Å². The quantitative estimate of drug-likeness (QED) is 0.483. The van der Waals surface area contributed by atoms with Crippen molar-refractivity contribution in [3.63, 3.8) is 0 Å². The van der Waals surface area contributed by atoms with E-state index >= 15 is 0 Å². The summed E-state index contributed by atoms with van der Waals surface area (Å²) < 4.78 is 31.2. The Balaban J connectivity index is 1.55. The predicted octanol–water partition coefficient (Wildman–Crippen LogP) is 3.44. The molecular weight excluding hydrogens is 428 g/mol. The van der Waals surface area contributed by atoms with E-state index in [-0.39, 0.29) is 4.90 Å². The Hall–Kier alpha value is -3.59. The van der Waals surface area contributed by atoms with Gasteiger partial charge in [0.15, 0.2) is 0 Å². The maximum atomic E-state index is 13.3. The molecule has 0 spiro atoms. The summed E-state index contributed by atoms with van der Waals surface area (Å²) in [5.74, 6) is -1.22. The van der Waals surface area contributed by atoms with Crippen molar-refractivity contribution in [3.8, 4) is 0 Å². The zero-order valence-electron chi connectivity index (χ0n) is 17.4. The zero-order chi connectivity index (χ0) is 22.5. The topological polar surface area (TPSA) is 105 Å². The van der Waals surface area contributed by atoms with Crippen molar-refractivity contribution in [2.45, 2.75) is 11.3 Å². The number of carboxylic acids is 1. The summed E-state index contributed by atoms with van der Waals surface area (Å²) >= 11 is 0. The maximum absolute atomic E-state index is 13.3. The number of rotatable bonds is 5. The Morgan fingerprint density at radius 3 is 2.75 bits per heavy atom. The number of hydrogen-bond acceptors (Lipinski definition) is 5. The number of aryl methyl sites for hydroxylation is 1. The molecule has 0 radical (unpaired) electrons. The fourth-order valence-corrected chi connectivity index (χ4v) is 5.69. The van der Waals surface area contributed by atoms with E-state index in [1.165, 1.54) is 0 Å².